The average Bonchev–Trinajstić information content (AvgIpc) is 2.81. The van der Waals surface area contributed by atoms with Crippen molar-refractivity contribution in [2.45, 2.75) is 45.1 Å². The minimum atomic E-state index is 0.606. The maximum atomic E-state index is 6.01. The summed E-state index contributed by atoms with van der Waals surface area (Å²) in [5.74, 6) is 0. The third kappa shape index (κ3) is 2.82. The van der Waals surface area contributed by atoms with Crippen molar-refractivity contribution >= 4 is 11.4 Å². The van der Waals surface area contributed by atoms with Crippen molar-refractivity contribution < 1.29 is 0 Å². The van der Waals surface area contributed by atoms with Gasteiger partial charge in [0.2, 0.25) is 0 Å². The molecule has 0 atom stereocenters. The monoisotopic (exact) mass is 230 g/mol. The van der Waals surface area contributed by atoms with Gasteiger partial charge in [-0.3, -0.25) is 0 Å². The highest BCUT2D eigenvalue weighted by Crippen LogP contribution is 2.23. The molecule has 0 aliphatic heterocycles. The van der Waals surface area contributed by atoms with Gasteiger partial charge in [-0.2, -0.15) is 0 Å². The fraction of sp³-hybridized carbons (Fsp3) is 0.467. The number of hydrogen-bond acceptors (Lipinski definition) is 2. The van der Waals surface area contributed by atoms with E-state index in [1.165, 1.54) is 31.2 Å². The van der Waals surface area contributed by atoms with Gasteiger partial charge in [-0.25, -0.2) is 0 Å². The van der Waals surface area contributed by atoms with Crippen LogP contribution in [0.1, 0.15) is 43.7 Å². The number of nitrogen functional groups attached to an aromatic ring is 1. The second-order valence-corrected chi connectivity index (χ2v) is 4.87. The van der Waals surface area contributed by atoms with Gasteiger partial charge in [0.15, 0.2) is 0 Å². The standard InChI is InChI=1S/C15H22N2/c1-3-12-8-9-13(10-15(12)16)11(2)17-14-6-4-5-7-14/h8-10,14,17H,2-7,16H2,1H3. The molecule has 1 fully saturated rings. The van der Waals surface area contributed by atoms with Gasteiger partial charge in [-0.1, -0.05) is 38.5 Å². The smallest absolute Gasteiger partial charge is 0.0353 e. The molecule has 1 aromatic rings. The molecule has 0 amide bonds. The minimum absolute atomic E-state index is 0.606. The first-order valence-corrected chi connectivity index (χ1v) is 6.55. The summed E-state index contributed by atoms with van der Waals surface area (Å²) >= 11 is 0. The SMILES string of the molecule is C=C(NC1CCCC1)c1ccc(CC)c(N)c1. The summed E-state index contributed by atoms with van der Waals surface area (Å²) < 4.78 is 0. The summed E-state index contributed by atoms with van der Waals surface area (Å²) in [6.45, 7) is 6.24. The van der Waals surface area contributed by atoms with Crippen LogP contribution in [0.2, 0.25) is 0 Å². The molecule has 3 N–H and O–H groups in total. The number of aryl methyl sites for hydroxylation is 1. The molecule has 0 saturated heterocycles. The Hall–Kier alpha value is -1.44. The third-order valence-electron chi connectivity index (χ3n) is 3.61. The van der Waals surface area contributed by atoms with E-state index < -0.39 is 0 Å². The summed E-state index contributed by atoms with van der Waals surface area (Å²) in [5, 5.41) is 3.51. The van der Waals surface area contributed by atoms with Crippen LogP contribution in [0, 0.1) is 0 Å². The third-order valence-corrected chi connectivity index (χ3v) is 3.61. The summed E-state index contributed by atoms with van der Waals surface area (Å²) in [6.07, 6.45) is 6.18. The molecule has 0 aromatic heterocycles. The van der Waals surface area contributed by atoms with E-state index in [9.17, 15) is 0 Å². The van der Waals surface area contributed by atoms with Gasteiger partial charge in [0, 0.05) is 17.4 Å². The van der Waals surface area contributed by atoms with Gasteiger partial charge in [-0.15, -0.1) is 0 Å². The van der Waals surface area contributed by atoms with Crippen LogP contribution in [0.15, 0.2) is 24.8 Å². The Balaban J connectivity index is 2.05. The molecule has 0 unspecified atom stereocenters. The normalized spacial score (nSPS) is 16.1. The molecule has 92 valence electrons. The Bertz CT molecular complexity index is 403. The van der Waals surface area contributed by atoms with Crippen molar-refractivity contribution in [3.63, 3.8) is 0 Å². The van der Waals surface area contributed by atoms with E-state index >= 15 is 0 Å². The van der Waals surface area contributed by atoms with Gasteiger partial charge in [0.25, 0.3) is 0 Å². The van der Waals surface area contributed by atoms with Gasteiger partial charge < -0.3 is 11.1 Å². The predicted octanol–water partition coefficient (Wildman–Crippen LogP) is 3.33. The van der Waals surface area contributed by atoms with E-state index in [0.717, 1.165) is 23.4 Å². The lowest BCUT2D eigenvalue weighted by Gasteiger charge is -2.17. The molecule has 0 bridgehead atoms. The van der Waals surface area contributed by atoms with Crippen LogP contribution >= 0.6 is 0 Å². The Morgan fingerprint density at radius 1 is 1.41 bits per heavy atom. The van der Waals surface area contributed by atoms with E-state index in [1.54, 1.807) is 0 Å². The molecule has 0 spiro atoms. The van der Waals surface area contributed by atoms with E-state index in [-0.39, 0.29) is 0 Å². The van der Waals surface area contributed by atoms with Gasteiger partial charge in [-0.05, 0) is 36.5 Å². The van der Waals surface area contributed by atoms with Crippen LogP contribution in [0.4, 0.5) is 5.69 Å². The lowest BCUT2D eigenvalue weighted by Crippen LogP contribution is -2.23. The molecular weight excluding hydrogens is 208 g/mol. The van der Waals surface area contributed by atoms with Gasteiger partial charge in [0.05, 0.1) is 0 Å². The molecular formula is C15H22N2. The highest BCUT2D eigenvalue weighted by Gasteiger charge is 2.15. The Kier molecular flexibility index (Phi) is 3.72. The zero-order chi connectivity index (χ0) is 12.3. The largest absolute Gasteiger partial charge is 0.398 e. The molecule has 2 nitrogen and oxygen atoms in total. The Morgan fingerprint density at radius 2 is 2.12 bits per heavy atom. The number of hydrogen-bond donors (Lipinski definition) is 2. The number of nitrogens with one attached hydrogen (secondary N) is 1. The summed E-state index contributed by atoms with van der Waals surface area (Å²) in [6, 6.07) is 6.85. The molecule has 1 saturated carbocycles. The minimum Gasteiger partial charge on any atom is -0.398 e. The number of nitrogens with two attached hydrogens (primary N) is 1. The second kappa shape index (κ2) is 5.26. The van der Waals surface area contributed by atoms with Crippen LogP contribution in [-0.4, -0.2) is 6.04 Å². The second-order valence-electron chi connectivity index (χ2n) is 4.87. The summed E-state index contributed by atoms with van der Waals surface area (Å²) in [7, 11) is 0. The highest BCUT2D eigenvalue weighted by molar-refractivity contribution is 5.66. The van der Waals surface area contributed by atoms with E-state index in [4.69, 9.17) is 5.73 Å². The van der Waals surface area contributed by atoms with Crippen molar-refractivity contribution in [2.24, 2.45) is 0 Å². The molecule has 1 aliphatic rings. The fourth-order valence-electron chi connectivity index (χ4n) is 2.50. The fourth-order valence-corrected chi connectivity index (χ4v) is 2.50. The average molecular weight is 230 g/mol. The first kappa shape index (κ1) is 12.0. The van der Waals surface area contributed by atoms with Crippen LogP contribution in [0.5, 0.6) is 0 Å². The zero-order valence-corrected chi connectivity index (χ0v) is 10.6. The predicted molar refractivity (Wildman–Crippen MR) is 74.7 cm³/mol. The lowest BCUT2D eigenvalue weighted by atomic mass is 10.1. The Morgan fingerprint density at radius 3 is 2.71 bits per heavy atom. The quantitative estimate of drug-likeness (QED) is 0.779. The molecule has 17 heavy (non-hydrogen) atoms. The molecule has 2 rings (SSSR count). The van der Waals surface area contributed by atoms with E-state index in [2.05, 4.69) is 31.0 Å². The first-order chi connectivity index (χ1) is 8.20. The number of anilines is 1. The summed E-state index contributed by atoms with van der Waals surface area (Å²) in [5.41, 5.74) is 10.2. The van der Waals surface area contributed by atoms with Crippen LogP contribution < -0.4 is 11.1 Å². The zero-order valence-electron chi connectivity index (χ0n) is 10.6. The molecule has 1 aromatic carbocycles. The van der Waals surface area contributed by atoms with Gasteiger partial charge >= 0.3 is 0 Å². The topological polar surface area (TPSA) is 38.0 Å². The highest BCUT2D eigenvalue weighted by atomic mass is 14.9. The molecule has 1 aliphatic carbocycles. The first-order valence-electron chi connectivity index (χ1n) is 6.55. The van der Waals surface area contributed by atoms with Crippen LogP contribution in [0.25, 0.3) is 5.70 Å². The summed E-state index contributed by atoms with van der Waals surface area (Å²) in [4.78, 5) is 0. The Labute approximate surface area is 104 Å². The van der Waals surface area contributed by atoms with Gasteiger partial charge in [0.1, 0.15) is 0 Å². The number of benzene rings is 1. The van der Waals surface area contributed by atoms with Crippen LogP contribution in [-0.2, 0) is 6.42 Å². The lowest BCUT2D eigenvalue weighted by molar-refractivity contribution is 0.619. The van der Waals surface area contributed by atoms with E-state index in [1.807, 2.05) is 6.07 Å². The molecule has 0 heterocycles. The van der Waals surface area contributed by atoms with Crippen molar-refractivity contribution in [1.82, 2.24) is 5.32 Å². The molecule has 0 radical (unpaired) electrons. The number of rotatable bonds is 4. The molecule has 2 heteroatoms. The van der Waals surface area contributed by atoms with Crippen molar-refractivity contribution in [3.05, 3.63) is 35.9 Å². The maximum Gasteiger partial charge on any atom is 0.0353 e. The maximum absolute atomic E-state index is 6.01. The van der Waals surface area contributed by atoms with E-state index in [0.29, 0.717) is 6.04 Å². The van der Waals surface area contributed by atoms with Crippen molar-refractivity contribution in [1.29, 1.82) is 0 Å². The van der Waals surface area contributed by atoms with Crippen molar-refractivity contribution in [2.75, 3.05) is 5.73 Å². The van der Waals surface area contributed by atoms with Crippen LogP contribution in [0.3, 0.4) is 0 Å². The van der Waals surface area contributed by atoms with Crippen molar-refractivity contribution in [3.8, 4) is 0 Å².